The number of carbonyl (C=O) groups is 1. The zero-order valence-corrected chi connectivity index (χ0v) is 23.5. The monoisotopic (exact) mass is 527 g/mol. The Balaban J connectivity index is 1.29. The van der Waals surface area contributed by atoms with Crippen LogP contribution in [0.1, 0.15) is 86.2 Å². The maximum absolute atomic E-state index is 15.0. The molecule has 3 aliphatic rings. The third-order valence-electron chi connectivity index (χ3n) is 9.93. The number of aryl methyl sites for hydroxylation is 2. The second-order valence-electron chi connectivity index (χ2n) is 12.5. The number of ether oxygens (including phenoxy) is 2. The van der Waals surface area contributed by atoms with Crippen molar-refractivity contribution in [3.05, 3.63) is 82.4 Å². The van der Waals surface area contributed by atoms with E-state index in [0.717, 1.165) is 54.7 Å². The molecule has 0 saturated heterocycles. The smallest absolute Gasteiger partial charge is 0.309 e. The molecular weight excluding hydrogens is 489 g/mol. The van der Waals surface area contributed by atoms with Crippen molar-refractivity contribution in [1.29, 1.82) is 0 Å². The Kier molecular flexibility index (Phi) is 6.52. The second-order valence-corrected chi connectivity index (χ2v) is 12.5. The Morgan fingerprint density at radius 3 is 2.62 bits per heavy atom. The molecule has 1 aromatic heterocycles. The molecule has 204 valence electrons. The summed E-state index contributed by atoms with van der Waals surface area (Å²) < 4.78 is 26.5. The van der Waals surface area contributed by atoms with Crippen LogP contribution in [0.3, 0.4) is 0 Å². The SMILES string of the molecule is COC(=O)[C@H]1CC[C@@]12CCc1ccc(OCc3ccc(-c4cc(C)ncc4F)c([C@@H]4CCCC4(C)C)c3)cc12. The van der Waals surface area contributed by atoms with E-state index in [0.29, 0.717) is 18.1 Å². The first-order chi connectivity index (χ1) is 18.7. The molecule has 0 amide bonds. The Labute approximate surface area is 231 Å². The van der Waals surface area contributed by atoms with Gasteiger partial charge in [0.15, 0.2) is 0 Å². The Bertz CT molecular complexity index is 1430. The van der Waals surface area contributed by atoms with Gasteiger partial charge in [-0.15, -0.1) is 0 Å². The number of methoxy groups -OCH3 is 1. The number of hydrogen-bond donors (Lipinski definition) is 0. The summed E-state index contributed by atoms with van der Waals surface area (Å²) in [7, 11) is 1.49. The molecule has 3 atom stereocenters. The number of esters is 1. The number of halogens is 1. The highest BCUT2D eigenvalue weighted by molar-refractivity contribution is 5.77. The molecule has 39 heavy (non-hydrogen) atoms. The van der Waals surface area contributed by atoms with E-state index in [9.17, 15) is 9.18 Å². The molecule has 0 unspecified atom stereocenters. The fraction of sp³-hybridized carbons (Fsp3) is 0.471. The molecule has 2 fully saturated rings. The summed E-state index contributed by atoms with van der Waals surface area (Å²) in [6, 6.07) is 14.6. The van der Waals surface area contributed by atoms with Crippen LogP contribution in [-0.2, 0) is 28.0 Å². The minimum Gasteiger partial charge on any atom is -0.489 e. The Hall–Kier alpha value is -3.21. The zero-order chi connectivity index (χ0) is 27.4. The maximum Gasteiger partial charge on any atom is 0.309 e. The highest BCUT2D eigenvalue weighted by Gasteiger charge is 2.55. The van der Waals surface area contributed by atoms with Crippen LogP contribution in [0.5, 0.6) is 5.75 Å². The summed E-state index contributed by atoms with van der Waals surface area (Å²) in [5.41, 5.74) is 7.30. The first-order valence-corrected chi connectivity index (χ1v) is 14.3. The summed E-state index contributed by atoms with van der Waals surface area (Å²) in [6.45, 7) is 6.99. The summed E-state index contributed by atoms with van der Waals surface area (Å²) >= 11 is 0. The molecule has 0 aliphatic heterocycles. The molecule has 4 nitrogen and oxygen atoms in total. The highest BCUT2D eigenvalue weighted by atomic mass is 19.1. The van der Waals surface area contributed by atoms with Crippen molar-refractivity contribution in [2.45, 2.75) is 83.7 Å². The Morgan fingerprint density at radius 2 is 1.90 bits per heavy atom. The molecule has 5 heteroatoms. The van der Waals surface area contributed by atoms with E-state index in [1.165, 1.54) is 42.8 Å². The number of fused-ring (bicyclic) bond motifs is 2. The third-order valence-corrected chi connectivity index (χ3v) is 9.93. The predicted molar refractivity (Wildman–Crippen MR) is 150 cm³/mol. The van der Waals surface area contributed by atoms with E-state index in [1.54, 1.807) is 0 Å². The topological polar surface area (TPSA) is 48.4 Å². The van der Waals surface area contributed by atoms with Crippen LogP contribution in [0.2, 0.25) is 0 Å². The van der Waals surface area contributed by atoms with Gasteiger partial charge in [0, 0.05) is 16.7 Å². The van der Waals surface area contributed by atoms with Crippen LogP contribution in [0, 0.1) is 24.1 Å². The average Bonchev–Trinajstić information content (AvgIpc) is 3.48. The van der Waals surface area contributed by atoms with Crippen molar-refractivity contribution in [2.24, 2.45) is 11.3 Å². The summed E-state index contributed by atoms with van der Waals surface area (Å²) in [4.78, 5) is 16.6. The highest BCUT2D eigenvalue weighted by Crippen LogP contribution is 2.57. The molecule has 2 aromatic carbocycles. The predicted octanol–water partition coefficient (Wildman–Crippen LogP) is 7.84. The molecule has 3 aliphatic carbocycles. The van der Waals surface area contributed by atoms with Crippen molar-refractivity contribution in [3.63, 3.8) is 0 Å². The van der Waals surface area contributed by atoms with E-state index in [1.807, 2.05) is 19.1 Å². The van der Waals surface area contributed by atoms with Gasteiger partial charge in [0.05, 0.1) is 19.2 Å². The van der Waals surface area contributed by atoms with Gasteiger partial charge in [-0.25, -0.2) is 4.39 Å². The van der Waals surface area contributed by atoms with Crippen LogP contribution >= 0.6 is 0 Å². The molecule has 1 heterocycles. The molecular formula is C34H38FNO3. The van der Waals surface area contributed by atoms with Crippen molar-refractivity contribution >= 4 is 5.97 Å². The molecule has 2 saturated carbocycles. The number of nitrogens with zero attached hydrogens (tertiary/aromatic N) is 1. The molecule has 6 rings (SSSR count). The number of rotatable bonds is 6. The first-order valence-electron chi connectivity index (χ1n) is 14.3. The normalized spacial score (nSPS) is 24.8. The standard InChI is InChI=1S/C34H38FNO3/c1-21-16-27(31(35)19-36-21)25-10-7-22(17-26(25)28-6-5-13-33(28,2)3)20-39-24-9-8-23-11-14-34(30(23)18-24)15-12-29(34)32(37)38-4/h7-10,16-19,28-29H,5-6,11-15,20H2,1-4H3/t28-,29+,34-/m0/s1. The minimum absolute atomic E-state index is 0.0545. The number of aromatic nitrogens is 1. The van der Waals surface area contributed by atoms with E-state index in [2.05, 4.69) is 49.2 Å². The van der Waals surface area contributed by atoms with Crippen molar-refractivity contribution < 1.29 is 18.7 Å². The quantitative estimate of drug-likeness (QED) is 0.307. The number of benzene rings is 2. The lowest BCUT2D eigenvalue weighted by Crippen LogP contribution is -2.47. The molecule has 1 spiro atoms. The van der Waals surface area contributed by atoms with Crippen LogP contribution in [-0.4, -0.2) is 18.1 Å². The van der Waals surface area contributed by atoms with Gasteiger partial charge in [-0.05, 0) is 103 Å². The van der Waals surface area contributed by atoms with Crippen molar-refractivity contribution in [3.8, 4) is 16.9 Å². The molecule has 0 bridgehead atoms. The van der Waals surface area contributed by atoms with Gasteiger partial charge in [0.1, 0.15) is 18.2 Å². The van der Waals surface area contributed by atoms with Gasteiger partial charge in [-0.2, -0.15) is 0 Å². The van der Waals surface area contributed by atoms with Crippen molar-refractivity contribution in [1.82, 2.24) is 4.98 Å². The molecule has 0 radical (unpaired) electrons. The fourth-order valence-electron chi connectivity index (χ4n) is 7.62. The van der Waals surface area contributed by atoms with Gasteiger partial charge < -0.3 is 9.47 Å². The van der Waals surface area contributed by atoms with E-state index in [-0.39, 0.29) is 28.5 Å². The van der Waals surface area contributed by atoms with Gasteiger partial charge in [0.2, 0.25) is 0 Å². The maximum atomic E-state index is 15.0. The largest absolute Gasteiger partial charge is 0.489 e. The average molecular weight is 528 g/mol. The van der Waals surface area contributed by atoms with Crippen molar-refractivity contribution in [2.75, 3.05) is 7.11 Å². The van der Waals surface area contributed by atoms with Gasteiger partial charge >= 0.3 is 5.97 Å². The van der Waals surface area contributed by atoms with E-state index >= 15 is 0 Å². The fourth-order valence-corrected chi connectivity index (χ4v) is 7.62. The molecule has 0 N–H and O–H groups in total. The van der Waals surface area contributed by atoms with Gasteiger partial charge in [-0.3, -0.25) is 9.78 Å². The lowest BCUT2D eigenvalue weighted by atomic mass is 9.57. The van der Waals surface area contributed by atoms with Crippen LogP contribution in [0.25, 0.3) is 11.1 Å². The number of carbonyl (C=O) groups excluding carboxylic acids is 1. The number of pyridine rings is 1. The lowest BCUT2D eigenvalue weighted by molar-refractivity contribution is -0.153. The van der Waals surface area contributed by atoms with Crippen LogP contribution in [0.4, 0.5) is 4.39 Å². The zero-order valence-electron chi connectivity index (χ0n) is 23.5. The first kappa shape index (κ1) is 26.0. The van der Waals surface area contributed by atoms with Gasteiger partial charge in [0.25, 0.3) is 0 Å². The number of hydrogen-bond acceptors (Lipinski definition) is 4. The Morgan fingerprint density at radius 1 is 1.05 bits per heavy atom. The van der Waals surface area contributed by atoms with Crippen LogP contribution < -0.4 is 4.74 Å². The summed E-state index contributed by atoms with van der Waals surface area (Å²) in [6.07, 6.45) is 8.69. The van der Waals surface area contributed by atoms with Crippen LogP contribution in [0.15, 0.2) is 48.7 Å². The second kappa shape index (κ2) is 9.76. The van der Waals surface area contributed by atoms with E-state index in [4.69, 9.17) is 9.47 Å². The van der Waals surface area contributed by atoms with Gasteiger partial charge in [-0.1, -0.05) is 44.5 Å². The van der Waals surface area contributed by atoms with E-state index < -0.39 is 0 Å². The molecule has 3 aromatic rings. The lowest BCUT2D eigenvalue weighted by Gasteiger charge is -2.46. The minimum atomic E-state index is -0.282. The summed E-state index contributed by atoms with van der Waals surface area (Å²) in [5, 5.41) is 0. The third kappa shape index (κ3) is 4.44. The summed E-state index contributed by atoms with van der Waals surface area (Å²) in [5.74, 6) is 0.752.